The maximum absolute atomic E-state index is 14.7. The number of rotatable bonds is 4. The van der Waals surface area contributed by atoms with Crippen LogP contribution in [-0.2, 0) is 9.84 Å². The topological polar surface area (TPSA) is 64.7 Å². The number of benzene rings is 4. The molecule has 4 aromatic carbocycles. The van der Waals surface area contributed by atoms with Gasteiger partial charge in [-0.1, -0.05) is 48.5 Å². The fourth-order valence-corrected chi connectivity index (χ4v) is 10.4. The molecule has 7 heteroatoms. The van der Waals surface area contributed by atoms with Crippen molar-refractivity contribution in [3.63, 3.8) is 0 Å². The highest BCUT2D eigenvalue weighted by Crippen LogP contribution is 2.48. The van der Waals surface area contributed by atoms with Crippen LogP contribution in [0.25, 0.3) is 22.3 Å². The molecule has 8 rings (SSSR count). The summed E-state index contributed by atoms with van der Waals surface area (Å²) in [5.41, 5.74) is 8.67. The molecule has 0 aromatic heterocycles. The summed E-state index contributed by atoms with van der Waals surface area (Å²) in [7, 11) is 0.559. The first-order valence-electron chi connectivity index (χ1n) is 16.5. The van der Waals surface area contributed by atoms with Crippen molar-refractivity contribution in [2.24, 2.45) is 0 Å². The number of hydrogen-bond donors (Lipinski definition) is 2. The van der Waals surface area contributed by atoms with Gasteiger partial charge in [0.1, 0.15) is 0 Å². The van der Waals surface area contributed by atoms with Gasteiger partial charge in [-0.05, 0) is 111 Å². The van der Waals surface area contributed by atoms with E-state index in [0.717, 1.165) is 74.1 Å². The Morgan fingerprint density at radius 3 is 1.47 bits per heavy atom. The summed E-state index contributed by atoms with van der Waals surface area (Å²) in [6.07, 6.45) is 4.41. The number of nitrogens with one attached hydrogen (secondary N) is 2. The maximum Gasteiger partial charge on any atom is 0.207 e. The maximum atomic E-state index is 14.7. The molecule has 0 saturated carbocycles. The second kappa shape index (κ2) is 11.3. The average molecular weight is 619 g/mol. The number of anilines is 2. The Balaban J connectivity index is 1.20. The van der Waals surface area contributed by atoms with Crippen LogP contribution in [0.15, 0.2) is 94.7 Å². The van der Waals surface area contributed by atoms with Crippen molar-refractivity contribution in [1.82, 2.24) is 10.6 Å². The Kier molecular flexibility index (Phi) is 7.23. The fraction of sp³-hybridized carbons (Fsp3) is 0.368. The van der Waals surface area contributed by atoms with E-state index < -0.39 is 9.84 Å². The van der Waals surface area contributed by atoms with Crippen LogP contribution >= 0.6 is 0 Å². The predicted molar refractivity (Wildman–Crippen MR) is 183 cm³/mol. The lowest BCUT2D eigenvalue weighted by molar-refractivity contribution is 0.531. The molecule has 4 aliphatic heterocycles. The molecule has 0 spiro atoms. The van der Waals surface area contributed by atoms with E-state index in [1.54, 1.807) is 12.1 Å². The molecule has 0 bridgehead atoms. The minimum Gasteiger partial charge on any atom is -0.371 e. The van der Waals surface area contributed by atoms with E-state index in [0.29, 0.717) is 33.7 Å². The van der Waals surface area contributed by atoms with E-state index in [1.165, 1.54) is 22.5 Å². The van der Waals surface area contributed by atoms with Crippen LogP contribution in [0.4, 0.5) is 11.4 Å². The van der Waals surface area contributed by atoms with E-state index in [1.807, 2.05) is 36.4 Å². The Morgan fingerprint density at radius 2 is 1.00 bits per heavy atom. The normalized spacial score (nSPS) is 24.3. The molecular weight excluding hydrogens is 577 g/mol. The standard InChI is InChI=1S/C38H42N4O2S/c1-41-33-13-11-25(23-31(33)29-15-19-39-21-17-35(29)41)27-7-3-5-9-37(27)45(43,44)38-10-6-4-8-28(38)26-12-14-34-32(24-26)30-16-20-40-22-18-36(30)42(34)2/h3-14,23-24,29-30,35-36,39-40H,15-22H2,1-2H3/t29-,30-,35+,36+/m0/s1. The lowest BCUT2D eigenvalue weighted by atomic mass is 9.89. The van der Waals surface area contributed by atoms with Gasteiger partial charge in [-0.3, -0.25) is 0 Å². The van der Waals surface area contributed by atoms with Gasteiger partial charge in [-0.25, -0.2) is 8.42 Å². The highest BCUT2D eigenvalue weighted by Gasteiger charge is 2.39. The van der Waals surface area contributed by atoms with E-state index in [4.69, 9.17) is 0 Å². The van der Waals surface area contributed by atoms with Gasteiger partial charge in [-0.15, -0.1) is 0 Å². The minimum absolute atomic E-state index is 0.360. The second-order valence-corrected chi connectivity index (χ2v) is 15.2. The molecule has 2 N–H and O–H groups in total. The molecule has 4 aliphatic rings. The summed E-state index contributed by atoms with van der Waals surface area (Å²) in [5.74, 6) is 0.902. The van der Waals surface area contributed by atoms with Crippen molar-refractivity contribution in [1.29, 1.82) is 0 Å². The molecule has 0 unspecified atom stereocenters. The van der Waals surface area contributed by atoms with Gasteiger partial charge in [0, 0.05) is 60.5 Å². The molecule has 2 saturated heterocycles. The van der Waals surface area contributed by atoms with Gasteiger partial charge in [0.05, 0.1) is 9.79 Å². The van der Waals surface area contributed by atoms with Crippen LogP contribution in [-0.4, -0.2) is 60.8 Å². The number of sulfone groups is 1. The first-order chi connectivity index (χ1) is 21.9. The van der Waals surface area contributed by atoms with Crippen molar-refractivity contribution < 1.29 is 8.42 Å². The predicted octanol–water partition coefficient (Wildman–Crippen LogP) is 6.42. The number of fused-ring (bicyclic) bond motifs is 6. The van der Waals surface area contributed by atoms with E-state index in [-0.39, 0.29) is 0 Å². The lowest BCUT2D eigenvalue weighted by Gasteiger charge is -2.24. The quantitative estimate of drug-likeness (QED) is 0.275. The first-order valence-corrected chi connectivity index (χ1v) is 18.0. The summed E-state index contributed by atoms with van der Waals surface area (Å²) in [5, 5.41) is 7.12. The molecule has 0 amide bonds. The molecule has 4 heterocycles. The van der Waals surface area contributed by atoms with Crippen LogP contribution < -0.4 is 20.4 Å². The van der Waals surface area contributed by atoms with Crippen LogP contribution in [0.3, 0.4) is 0 Å². The SMILES string of the molecule is CN1c2ccc(-c3ccccc3S(=O)(=O)c3ccccc3-c3ccc4c(c3)[C@@H]3CCNCC[C@H]3N4C)cc2[C@@H]2CCNCC[C@H]21. The van der Waals surface area contributed by atoms with Crippen molar-refractivity contribution in [2.75, 3.05) is 50.1 Å². The summed E-state index contributed by atoms with van der Waals surface area (Å²) in [6.45, 7) is 4.09. The molecule has 6 nitrogen and oxygen atoms in total. The molecule has 4 atom stereocenters. The Labute approximate surface area is 267 Å². The Bertz CT molecular complexity index is 1740. The number of nitrogens with zero attached hydrogens (tertiary/aromatic N) is 2. The zero-order valence-electron chi connectivity index (χ0n) is 26.2. The molecule has 4 aromatic rings. The summed E-state index contributed by atoms with van der Waals surface area (Å²) in [4.78, 5) is 5.58. The zero-order chi connectivity index (χ0) is 30.7. The fourth-order valence-electron chi connectivity index (χ4n) is 8.74. The summed E-state index contributed by atoms with van der Waals surface area (Å²) >= 11 is 0. The molecule has 0 radical (unpaired) electrons. The zero-order valence-corrected chi connectivity index (χ0v) is 27.0. The monoisotopic (exact) mass is 618 g/mol. The molecule has 0 aliphatic carbocycles. The lowest BCUT2D eigenvalue weighted by Crippen LogP contribution is -2.30. The number of hydrogen-bond acceptors (Lipinski definition) is 6. The third kappa shape index (κ3) is 4.70. The van der Waals surface area contributed by atoms with Gasteiger partial charge in [0.15, 0.2) is 0 Å². The molecule has 232 valence electrons. The molecule has 2 fully saturated rings. The number of likely N-dealkylation sites (N-methyl/N-ethyl adjacent to an activating group) is 2. The third-order valence-electron chi connectivity index (χ3n) is 11.0. The summed E-state index contributed by atoms with van der Waals surface area (Å²) < 4.78 is 29.4. The van der Waals surface area contributed by atoms with Crippen molar-refractivity contribution >= 4 is 21.2 Å². The van der Waals surface area contributed by atoms with Crippen LogP contribution in [0, 0.1) is 0 Å². The highest BCUT2D eigenvalue weighted by molar-refractivity contribution is 7.91. The largest absolute Gasteiger partial charge is 0.371 e. The van der Waals surface area contributed by atoms with Crippen LogP contribution in [0.2, 0.25) is 0 Å². The minimum atomic E-state index is -3.85. The third-order valence-corrected chi connectivity index (χ3v) is 12.9. The van der Waals surface area contributed by atoms with E-state index in [9.17, 15) is 8.42 Å². The van der Waals surface area contributed by atoms with Gasteiger partial charge >= 0.3 is 0 Å². The summed E-state index contributed by atoms with van der Waals surface area (Å²) in [6, 6.07) is 29.2. The van der Waals surface area contributed by atoms with Gasteiger partial charge in [0.2, 0.25) is 9.84 Å². The Hall–Kier alpha value is -3.65. The highest BCUT2D eigenvalue weighted by atomic mass is 32.2. The molecule has 45 heavy (non-hydrogen) atoms. The second-order valence-electron chi connectivity index (χ2n) is 13.3. The molecular formula is C38H42N4O2S. The van der Waals surface area contributed by atoms with Crippen LogP contribution in [0.5, 0.6) is 0 Å². The van der Waals surface area contributed by atoms with E-state index >= 15 is 0 Å². The van der Waals surface area contributed by atoms with Crippen molar-refractivity contribution in [2.45, 2.75) is 59.4 Å². The average Bonchev–Trinajstić information content (AvgIpc) is 3.29. The Morgan fingerprint density at radius 1 is 0.578 bits per heavy atom. The van der Waals surface area contributed by atoms with Gasteiger partial charge in [-0.2, -0.15) is 0 Å². The van der Waals surface area contributed by atoms with Crippen molar-refractivity contribution in [3.8, 4) is 22.3 Å². The van der Waals surface area contributed by atoms with E-state index in [2.05, 4.69) is 70.9 Å². The van der Waals surface area contributed by atoms with Crippen molar-refractivity contribution in [3.05, 3.63) is 96.1 Å². The first kappa shape index (κ1) is 28.8. The van der Waals surface area contributed by atoms with Gasteiger partial charge < -0.3 is 20.4 Å². The van der Waals surface area contributed by atoms with Gasteiger partial charge in [0.25, 0.3) is 0 Å². The van der Waals surface area contributed by atoms with Crippen LogP contribution in [0.1, 0.15) is 48.6 Å². The smallest absolute Gasteiger partial charge is 0.207 e.